The van der Waals surface area contributed by atoms with Crippen LogP contribution in [-0.2, 0) is 9.53 Å². The largest absolute Gasteiger partial charge is 0.364 e. The number of amides is 1. The zero-order chi connectivity index (χ0) is 14.1. The van der Waals surface area contributed by atoms with Gasteiger partial charge in [-0.15, -0.1) is 12.4 Å². The molecule has 1 aliphatic heterocycles. The standard InChI is InChI=1S/C14H17N3O2S.ClH/c1-8-3-2-4-11-12(8)16-14(20-11)17-13(18)10-6-5-9(7-15)19-10;/h2-4,9-10H,5-7,15H2,1H3,(H,16,17,18);1H/t9-,10+;/m1./s1. The molecule has 0 spiro atoms. The van der Waals surface area contributed by atoms with Crippen molar-refractivity contribution in [1.82, 2.24) is 4.98 Å². The number of para-hydroxylation sites is 1. The number of aromatic nitrogens is 1. The number of anilines is 1. The molecule has 1 aliphatic rings. The number of ether oxygens (including phenoxy) is 1. The summed E-state index contributed by atoms with van der Waals surface area (Å²) in [4.78, 5) is 16.6. The first-order valence-corrected chi connectivity index (χ1v) is 7.51. The zero-order valence-electron chi connectivity index (χ0n) is 11.7. The van der Waals surface area contributed by atoms with Gasteiger partial charge < -0.3 is 10.5 Å². The summed E-state index contributed by atoms with van der Waals surface area (Å²) in [6.07, 6.45) is 1.16. The summed E-state index contributed by atoms with van der Waals surface area (Å²) in [5, 5.41) is 3.47. The van der Waals surface area contributed by atoms with Crippen molar-refractivity contribution in [3.05, 3.63) is 23.8 Å². The van der Waals surface area contributed by atoms with Crippen LogP contribution >= 0.6 is 23.7 Å². The van der Waals surface area contributed by atoms with Crippen LogP contribution in [0.4, 0.5) is 5.13 Å². The van der Waals surface area contributed by atoms with Crippen LogP contribution in [0.25, 0.3) is 10.2 Å². The normalized spacial score (nSPS) is 21.2. The lowest BCUT2D eigenvalue weighted by atomic mass is 10.2. The molecule has 7 heteroatoms. The van der Waals surface area contributed by atoms with Crippen LogP contribution in [0.1, 0.15) is 18.4 Å². The fraction of sp³-hybridized carbons (Fsp3) is 0.429. The van der Waals surface area contributed by atoms with Crippen molar-refractivity contribution in [2.24, 2.45) is 5.73 Å². The average Bonchev–Trinajstić information content (AvgIpc) is 3.05. The molecule has 0 unspecified atom stereocenters. The Morgan fingerprint density at radius 2 is 2.33 bits per heavy atom. The molecule has 1 aromatic heterocycles. The van der Waals surface area contributed by atoms with Crippen LogP contribution < -0.4 is 11.1 Å². The number of carbonyl (C=O) groups is 1. The van der Waals surface area contributed by atoms with Gasteiger partial charge in [-0.05, 0) is 31.4 Å². The van der Waals surface area contributed by atoms with Crippen molar-refractivity contribution >= 4 is 45.0 Å². The van der Waals surface area contributed by atoms with Gasteiger partial charge in [-0.3, -0.25) is 10.1 Å². The van der Waals surface area contributed by atoms with E-state index < -0.39 is 6.10 Å². The van der Waals surface area contributed by atoms with E-state index in [1.54, 1.807) is 0 Å². The number of nitrogens with one attached hydrogen (secondary N) is 1. The van der Waals surface area contributed by atoms with Crippen molar-refractivity contribution in [3.8, 4) is 0 Å². The molecule has 5 nitrogen and oxygen atoms in total. The van der Waals surface area contributed by atoms with E-state index in [-0.39, 0.29) is 24.4 Å². The Bertz CT molecular complexity index is 646. The second-order valence-corrected chi connectivity index (χ2v) is 6.02. The highest BCUT2D eigenvalue weighted by atomic mass is 35.5. The molecule has 1 aromatic carbocycles. The predicted molar refractivity (Wildman–Crippen MR) is 87.2 cm³/mol. The van der Waals surface area contributed by atoms with E-state index in [0.717, 1.165) is 28.6 Å². The van der Waals surface area contributed by atoms with E-state index >= 15 is 0 Å². The molecular formula is C14H18ClN3O2S. The summed E-state index contributed by atoms with van der Waals surface area (Å²) in [6.45, 7) is 2.48. The molecule has 21 heavy (non-hydrogen) atoms. The van der Waals surface area contributed by atoms with Crippen molar-refractivity contribution in [3.63, 3.8) is 0 Å². The van der Waals surface area contributed by atoms with E-state index in [0.29, 0.717) is 11.7 Å². The zero-order valence-corrected chi connectivity index (χ0v) is 13.3. The van der Waals surface area contributed by atoms with Gasteiger partial charge in [0.15, 0.2) is 5.13 Å². The van der Waals surface area contributed by atoms with Crippen LogP contribution in [0.15, 0.2) is 18.2 Å². The van der Waals surface area contributed by atoms with E-state index in [9.17, 15) is 4.79 Å². The number of thiazole rings is 1. The van der Waals surface area contributed by atoms with Gasteiger partial charge in [-0.2, -0.15) is 0 Å². The second-order valence-electron chi connectivity index (χ2n) is 4.99. The summed E-state index contributed by atoms with van der Waals surface area (Å²) in [6, 6.07) is 6.01. The van der Waals surface area contributed by atoms with Gasteiger partial charge in [0.05, 0.1) is 16.3 Å². The molecule has 1 fully saturated rings. The molecular weight excluding hydrogens is 310 g/mol. The number of carbonyl (C=O) groups excluding carboxylic acids is 1. The van der Waals surface area contributed by atoms with E-state index in [1.165, 1.54) is 11.3 Å². The van der Waals surface area contributed by atoms with Crippen LogP contribution in [0.3, 0.4) is 0 Å². The van der Waals surface area contributed by atoms with Crippen LogP contribution in [0, 0.1) is 6.92 Å². The third-order valence-corrected chi connectivity index (χ3v) is 4.45. The Morgan fingerprint density at radius 1 is 1.52 bits per heavy atom. The first-order chi connectivity index (χ1) is 9.67. The third-order valence-electron chi connectivity index (χ3n) is 3.51. The molecule has 2 aromatic rings. The van der Waals surface area contributed by atoms with E-state index in [1.807, 2.05) is 25.1 Å². The molecule has 1 saturated heterocycles. The monoisotopic (exact) mass is 327 g/mol. The third kappa shape index (κ3) is 3.35. The number of halogens is 1. The number of fused-ring (bicyclic) bond motifs is 1. The fourth-order valence-electron chi connectivity index (χ4n) is 2.40. The highest BCUT2D eigenvalue weighted by molar-refractivity contribution is 7.22. The number of aryl methyl sites for hydroxylation is 1. The molecule has 1 amide bonds. The van der Waals surface area contributed by atoms with Gasteiger partial charge >= 0.3 is 0 Å². The van der Waals surface area contributed by atoms with Crippen molar-refractivity contribution in [1.29, 1.82) is 0 Å². The van der Waals surface area contributed by atoms with Crippen molar-refractivity contribution in [2.45, 2.75) is 32.0 Å². The SMILES string of the molecule is Cc1cccc2sc(NC(=O)[C@@H]3CC[C@H](CN)O3)nc12.Cl. The molecule has 2 atom stereocenters. The van der Waals surface area contributed by atoms with Crippen LogP contribution in [-0.4, -0.2) is 29.6 Å². The lowest BCUT2D eigenvalue weighted by molar-refractivity contribution is -0.126. The molecule has 3 N–H and O–H groups in total. The number of nitrogens with two attached hydrogens (primary N) is 1. The molecule has 0 saturated carbocycles. The van der Waals surface area contributed by atoms with E-state index in [4.69, 9.17) is 10.5 Å². The fourth-order valence-corrected chi connectivity index (χ4v) is 3.34. The maximum absolute atomic E-state index is 12.1. The van der Waals surface area contributed by atoms with Gasteiger partial charge in [0.25, 0.3) is 5.91 Å². The van der Waals surface area contributed by atoms with Crippen LogP contribution in [0.5, 0.6) is 0 Å². The smallest absolute Gasteiger partial charge is 0.255 e. The summed E-state index contributed by atoms with van der Waals surface area (Å²) < 4.78 is 6.66. The first kappa shape index (κ1) is 16.2. The number of benzene rings is 1. The molecule has 0 aliphatic carbocycles. The van der Waals surface area contributed by atoms with Crippen molar-refractivity contribution < 1.29 is 9.53 Å². The van der Waals surface area contributed by atoms with Gasteiger partial charge in [0.1, 0.15) is 6.10 Å². The minimum atomic E-state index is -0.406. The average molecular weight is 328 g/mol. The molecule has 0 bridgehead atoms. The van der Waals surface area contributed by atoms with Gasteiger partial charge in [-0.1, -0.05) is 23.5 Å². The lowest BCUT2D eigenvalue weighted by Crippen LogP contribution is -2.29. The maximum atomic E-state index is 12.1. The minimum Gasteiger partial charge on any atom is -0.364 e. The Morgan fingerprint density at radius 3 is 3.00 bits per heavy atom. The topological polar surface area (TPSA) is 77.2 Å². The second kappa shape index (κ2) is 6.70. The Balaban J connectivity index is 0.00000161. The Labute approximate surface area is 133 Å². The summed E-state index contributed by atoms with van der Waals surface area (Å²) >= 11 is 1.48. The molecule has 0 radical (unpaired) electrons. The number of hydrogen-bond acceptors (Lipinski definition) is 5. The van der Waals surface area contributed by atoms with Gasteiger partial charge in [-0.25, -0.2) is 4.98 Å². The maximum Gasteiger partial charge on any atom is 0.255 e. The van der Waals surface area contributed by atoms with Gasteiger partial charge in [0.2, 0.25) is 0 Å². The van der Waals surface area contributed by atoms with E-state index in [2.05, 4.69) is 10.3 Å². The van der Waals surface area contributed by atoms with Crippen molar-refractivity contribution in [2.75, 3.05) is 11.9 Å². The summed E-state index contributed by atoms with van der Waals surface area (Å²) in [7, 11) is 0. The highest BCUT2D eigenvalue weighted by Crippen LogP contribution is 2.28. The summed E-state index contributed by atoms with van der Waals surface area (Å²) in [5.41, 5.74) is 7.60. The quantitative estimate of drug-likeness (QED) is 0.908. The number of rotatable bonds is 3. The minimum absolute atomic E-state index is 0. The number of hydrogen-bond donors (Lipinski definition) is 2. The molecule has 3 rings (SSSR count). The first-order valence-electron chi connectivity index (χ1n) is 6.70. The molecule has 2 heterocycles. The lowest BCUT2D eigenvalue weighted by Gasteiger charge is -2.11. The Kier molecular flexibility index (Phi) is 5.16. The van der Waals surface area contributed by atoms with Crippen LogP contribution in [0.2, 0.25) is 0 Å². The Hall–Kier alpha value is -1.21. The number of nitrogens with zero attached hydrogens (tertiary/aromatic N) is 1. The summed E-state index contributed by atoms with van der Waals surface area (Å²) in [5.74, 6) is -0.127. The van der Waals surface area contributed by atoms with Gasteiger partial charge in [0, 0.05) is 6.54 Å². The highest BCUT2D eigenvalue weighted by Gasteiger charge is 2.30. The predicted octanol–water partition coefficient (Wildman–Crippen LogP) is 2.47. The molecule has 114 valence electrons.